The molecular formula is C14H22BrN3. The van der Waals surface area contributed by atoms with Gasteiger partial charge in [0.2, 0.25) is 0 Å². The van der Waals surface area contributed by atoms with Crippen molar-refractivity contribution in [1.82, 2.24) is 4.90 Å². The van der Waals surface area contributed by atoms with E-state index in [0.717, 1.165) is 24.0 Å². The smallest absolute Gasteiger partial charge is 0.0963 e. The van der Waals surface area contributed by atoms with Crippen molar-refractivity contribution < 1.29 is 0 Å². The summed E-state index contributed by atoms with van der Waals surface area (Å²) in [5.74, 6) is 0.262. The Morgan fingerprint density at radius 2 is 2.11 bits per heavy atom. The van der Waals surface area contributed by atoms with E-state index in [1.165, 1.54) is 5.56 Å². The average molecular weight is 312 g/mol. The first-order valence-electron chi connectivity index (χ1n) is 6.09. The lowest BCUT2D eigenvalue weighted by atomic mass is 9.88. The number of nitrogens with zero attached hydrogens (tertiary/aromatic N) is 1. The normalized spacial score (nSPS) is 11.8. The van der Waals surface area contributed by atoms with E-state index in [4.69, 9.17) is 11.1 Å². The van der Waals surface area contributed by atoms with Crippen LogP contribution in [0.25, 0.3) is 0 Å². The third-order valence-corrected chi connectivity index (χ3v) is 3.68. The monoisotopic (exact) mass is 311 g/mol. The molecule has 0 aliphatic heterocycles. The Morgan fingerprint density at radius 1 is 1.44 bits per heavy atom. The molecule has 3 nitrogen and oxygen atoms in total. The first-order valence-corrected chi connectivity index (χ1v) is 6.88. The van der Waals surface area contributed by atoms with Crippen LogP contribution in [0, 0.1) is 10.8 Å². The highest BCUT2D eigenvalue weighted by Crippen LogP contribution is 2.20. The molecule has 0 bridgehead atoms. The molecule has 0 fully saturated rings. The van der Waals surface area contributed by atoms with Crippen molar-refractivity contribution in [2.75, 3.05) is 13.6 Å². The predicted molar refractivity (Wildman–Crippen MR) is 80.8 cm³/mol. The molecule has 0 unspecified atom stereocenters. The lowest BCUT2D eigenvalue weighted by Gasteiger charge is -2.26. The van der Waals surface area contributed by atoms with E-state index in [1.54, 1.807) is 0 Å². The summed E-state index contributed by atoms with van der Waals surface area (Å²) in [6.45, 7) is 5.87. The molecule has 0 radical (unpaired) electrons. The van der Waals surface area contributed by atoms with Crippen molar-refractivity contribution in [3.63, 3.8) is 0 Å². The van der Waals surface area contributed by atoms with Crippen molar-refractivity contribution in [2.24, 2.45) is 11.1 Å². The van der Waals surface area contributed by atoms with E-state index in [9.17, 15) is 0 Å². The van der Waals surface area contributed by atoms with Crippen LogP contribution < -0.4 is 5.73 Å². The summed E-state index contributed by atoms with van der Waals surface area (Å²) in [5, 5.41) is 7.54. The van der Waals surface area contributed by atoms with Crippen LogP contribution in [-0.2, 0) is 6.54 Å². The molecule has 0 aliphatic carbocycles. The molecule has 1 aromatic carbocycles. The number of amidine groups is 1. The Balaban J connectivity index is 2.47. The van der Waals surface area contributed by atoms with Gasteiger partial charge in [-0.1, -0.05) is 41.9 Å². The number of hydrogen-bond acceptors (Lipinski definition) is 2. The van der Waals surface area contributed by atoms with E-state index in [2.05, 4.69) is 40.0 Å². The van der Waals surface area contributed by atoms with Gasteiger partial charge in [-0.3, -0.25) is 5.41 Å². The van der Waals surface area contributed by atoms with Crippen molar-refractivity contribution in [1.29, 1.82) is 5.41 Å². The second-order valence-corrected chi connectivity index (χ2v) is 6.33. The summed E-state index contributed by atoms with van der Waals surface area (Å²) in [4.78, 5) is 2.26. The lowest BCUT2D eigenvalue weighted by molar-refractivity contribution is 0.284. The van der Waals surface area contributed by atoms with Gasteiger partial charge in [-0.05, 0) is 37.7 Å². The van der Waals surface area contributed by atoms with Crippen molar-refractivity contribution in [3.8, 4) is 0 Å². The summed E-state index contributed by atoms with van der Waals surface area (Å²) in [6, 6.07) is 8.33. The van der Waals surface area contributed by atoms with E-state index < -0.39 is 0 Å². The Kier molecular flexibility index (Phi) is 5.35. The Hall–Kier alpha value is -0.870. The van der Waals surface area contributed by atoms with Gasteiger partial charge in [0.15, 0.2) is 0 Å². The molecule has 0 atom stereocenters. The molecule has 0 aliphatic rings. The Morgan fingerprint density at radius 3 is 2.67 bits per heavy atom. The van der Waals surface area contributed by atoms with E-state index in [1.807, 2.05) is 26.0 Å². The number of nitrogens with one attached hydrogen (secondary N) is 1. The van der Waals surface area contributed by atoms with Crippen LogP contribution in [0.2, 0.25) is 0 Å². The van der Waals surface area contributed by atoms with Gasteiger partial charge < -0.3 is 10.6 Å². The van der Waals surface area contributed by atoms with Gasteiger partial charge in [0.05, 0.1) is 5.84 Å². The zero-order valence-electron chi connectivity index (χ0n) is 11.3. The first-order chi connectivity index (χ1) is 8.31. The van der Waals surface area contributed by atoms with Gasteiger partial charge in [-0.2, -0.15) is 0 Å². The zero-order valence-corrected chi connectivity index (χ0v) is 12.9. The highest BCUT2D eigenvalue weighted by Gasteiger charge is 2.21. The molecule has 1 rings (SSSR count). The number of rotatable bonds is 6. The molecule has 18 heavy (non-hydrogen) atoms. The molecule has 0 spiro atoms. The topological polar surface area (TPSA) is 53.1 Å². The van der Waals surface area contributed by atoms with Gasteiger partial charge in [-0.25, -0.2) is 0 Å². The molecule has 3 N–H and O–H groups in total. The largest absolute Gasteiger partial charge is 0.387 e. The molecule has 0 saturated heterocycles. The fraction of sp³-hybridized carbons (Fsp3) is 0.500. The maximum absolute atomic E-state index is 7.54. The van der Waals surface area contributed by atoms with Crippen LogP contribution >= 0.6 is 15.9 Å². The number of hydrogen-bond donors (Lipinski definition) is 2. The van der Waals surface area contributed by atoms with Crippen LogP contribution in [-0.4, -0.2) is 24.3 Å². The zero-order chi connectivity index (χ0) is 13.8. The maximum Gasteiger partial charge on any atom is 0.0963 e. The second kappa shape index (κ2) is 6.34. The summed E-state index contributed by atoms with van der Waals surface area (Å²) < 4.78 is 1.11. The lowest BCUT2D eigenvalue weighted by Crippen LogP contribution is -2.34. The fourth-order valence-corrected chi connectivity index (χ4v) is 2.08. The highest BCUT2D eigenvalue weighted by atomic mass is 79.9. The summed E-state index contributed by atoms with van der Waals surface area (Å²) in [6.07, 6.45) is 0.896. The minimum Gasteiger partial charge on any atom is -0.387 e. The Labute approximate surface area is 118 Å². The molecule has 0 heterocycles. The van der Waals surface area contributed by atoms with Crippen molar-refractivity contribution in [2.45, 2.75) is 26.8 Å². The van der Waals surface area contributed by atoms with E-state index in [0.29, 0.717) is 0 Å². The summed E-state index contributed by atoms with van der Waals surface area (Å²) >= 11 is 3.48. The van der Waals surface area contributed by atoms with Gasteiger partial charge >= 0.3 is 0 Å². The van der Waals surface area contributed by atoms with Gasteiger partial charge in [-0.15, -0.1) is 0 Å². The van der Waals surface area contributed by atoms with Crippen LogP contribution in [0.1, 0.15) is 25.8 Å². The standard InChI is InChI=1S/C14H22BrN3/c1-14(2,13(16)17)7-8-18(3)10-11-5-4-6-12(15)9-11/h4-6,9H,7-8,10H2,1-3H3,(H3,16,17). The van der Waals surface area contributed by atoms with E-state index in [-0.39, 0.29) is 11.3 Å². The third-order valence-electron chi connectivity index (χ3n) is 3.19. The van der Waals surface area contributed by atoms with Crippen LogP contribution in [0.4, 0.5) is 0 Å². The Bertz CT molecular complexity index is 415. The van der Waals surface area contributed by atoms with E-state index >= 15 is 0 Å². The van der Waals surface area contributed by atoms with Crippen LogP contribution in [0.5, 0.6) is 0 Å². The van der Waals surface area contributed by atoms with Crippen LogP contribution in [0.3, 0.4) is 0 Å². The molecule has 100 valence electrons. The fourth-order valence-electron chi connectivity index (χ4n) is 1.63. The molecule has 0 aromatic heterocycles. The summed E-state index contributed by atoms with van der Waals surface area (Å²) in [5.41, 5.74) is 6.66. The third kappa shape index (κ3) is 4.78. The first kappa shape index (κ1) is 15.2. The molecule has 0 saturated carbocycles. The summed E-state index contributed by atoms with van der Waals surface area (Å²) in [7, 11) is 2.09. The predicted octanol–water partition coefficient (Wildman–Crippen LogP) is 3.23. The molecule has 4 heteroatoms. The molecule has 1 aromatic rings. The molecular weight excluding hydrogens is 290 g/mol. The van der Waals surface area contributed by atoms with Crippen LogP contribution in [0.15, 0.2) is 28.7 Å². The van der Waals surface area contributed by atoms with Crippen molar-refractivity contribution in [3.05, 3.63) is 34.3 Å². The quantitative estimate of drug-likeness (QED) is 0.626. The minimum absolute atomic E-state index is 0.217. The average Bonchev–Trinajstić information content (AvgIpc) is 2.26. The number of nitrogens with two attached hydrogens (primary N) is 1. The SMILES string of the molecule is CN(CCC(C)(C)C(=N)N)Cc1cccc(Br)c1. The maximum atomic E-state index is 7.54. The highest BCUT2D eigenvalue weighted by molar-refractivity contribution is 9.10. The van der Waals surface area contributed by atoms with Crippen molar-refractivity contribution >= 4 is 21.8 Å². The van der Waals surface area contributed by atoms with Gasteiger partial charge in [0.1, 0.15) is 0 Å². The second-order valence-electron chi connectivity index (χ2n) is 5.42. The minimum atomic E-state index is -0.217. The van der Waals surface area contributed by atoms with Gasteiger partial charge in [0, 0.05) is 16.4 Å². The number of halogens is 1. The number of benzene rings is 1. The molecule has 0 amide bonds. The van der Waals surface area contributed by atoms with Gasteiger partial charge in [0.25, 0.3) is 0 Å².